The average Bonchev–Trinajstić information content (AvgIpc) is 3.11. The number of aromatic nitrogens is 1. The first kappa shape index (κ1) is 13.8. The van der Waals surface area contributed by atoms with Crippen molar-refractivity contribution in [2.24, 2.45) is 0 Å². The van der Waals surface area contributed by atoms with Gasteiger partial charge in [-0.05, 0) is 25.0 Å². The first-order valence-corrected chi connectivity index (χ1v) is 7.60. The lowest BCUT2D eigenvalue weighted by atomic mass is 10.2. The standard InChI is InChI=1S/C14H16N4O2S/c1-16-12(19)9-5-3-7-18(9)14(20)11-10(15)8-4-2-6-17-13(8)21-11/h2,4,6,9H,3,5,7,15H2,1H3,(H,16,19). The van der Waals surface area contributed by atoms with Gasteiger partial charge in [0.05, 0.1) is 5.69 Å². The monoisotopic (exact) mass is 304 g/mol. The number of hydrogen-bond acceptors (Lipinski definition) is 5. The van der Waals surface area contributed by atoms with Crippen LogP contribution in [-0.2, 0) is 4.79 Å². The van der Waals surface area contributed by atoms with E-state index in [1.807, 2.05) is 6.07 Å². The van der Waals surface area contributed by atoms with Crippen molar-refractivity contribution in [2.45, 2.75) is 18.9 Å². The fourth-order valence-corrected chi connectivity index (χ4v) is 3.71. The van der Waals surface area contributed by atoms with Gasteiger partial charge >= 0.3 is 0 Å². The number of likely N-dealkylation sites (N-methyl/N-ethyl adjacent to an activating group) is 1. The lowest BCUT2D eigenvalue weighted by Crippen LogP contribution is -2.44. The molecule has 0 saturated carbocycles. The molecule has 7 heteroatoms. The Labute approximate surface area is 125 Å². The Bertz CT molecular complexity index is 712. The van der Waals surface area contributed by atoms with Crippen LogP contribution in [0.2, 0.25) is 0 Å². The number of nitrogens with one attached hydrogen (secondary N) is 1. The van der Waals surface area contributed by atoms with Crippen LogP contribution in [0.15, 0.2) is 18.3 Å². The van der Waals surface area contributed by atoms with Gasteiger partial charge in [-0.15, -0.1) is 11.3 Å². The number of pyridine rings is 1. The van der Waals surface area contributed by atoms with Crippen LogP contribution in [0.1, 0.15) is 22.5 Å². The SMILES string of the molecule is CNC(=O)C1CCCN1C(=O)c1sc2ncccc2c1N. The summed E-state index contributed by atoms with van der Waals surface area (Å²) < 4.78 is 0. The van der Waals surface area contributed by atoms with Crippen LogP contribution in [0.4, 0.5) is 5.69 Å². The molecule has 21 heavy (non-hydrogen) atoms. The topological polar surface area (TPSA) is 88.3 Å². The van der Waals surface area contributed by atoms with Crippen molar-refractivity contribution in [3.63, 3.8) is 0 Å². The molecule has 1 saturated heterocycles. The van der Waals surface area contributed by atoms with Crippen LogP contribution >= 0.6 is 11.3 Å². The van der Waals surface area contributed by atoms with E-state index in [-0.39, 0.29) is 11.8 Å². The summed E-state index contributed by atoms with van der Waals surface area (Å²) in [5.41, 5.74) is 6.54. The fourth-order valence-electron chi connectivity index (χ4n) is 2.69. The highest BCUT2D eigenvalue weighted by Crippen LogP contribution is 2.34. The first-order chi connectivity index (χ1) is 10.1. The zero-order valence-electron chi connectivity index (χ0n) is 11.6. The number of nitrogen functional groups attached to an aromatic ring is 1. The average molecular weight is 304 g/mol. The number of carbonyl (C=O) groups excluding carboxylic acids is 2. The van der Waals surface area contributed by atoms with Gasteiger partial charge in [-0.3, -0.25) is 9.59 Å². The molecule has 1 fully saturated rings. The number of amides is 2. The maximum absolute atomic E-state index is 12.7. The molecule has 6 nitrogen and oxygen atoms in total. The third-order valence-corrected chi connectivity index (χ3v) is 4.88. The van der Waals surface area contributed by atoms with Crippen molar-refractivity contribution in [3.05, 3.63) is 23.2 Å². The van der Waals surface area contributed by atoms with Gasteiger partial charge < -0.3 is 16.0 Å². The Morgan fingerprint density at radius 3 is 3.05 bits per heavy atom. The van der Waals surface area contributed by atoms with Crippen molar-refractivity contribution in [1.82, 2.24) is 15.2 Å². The van der Waals surface area contributed by atoms with E-state index in [1.54, 1.807) is 24.2 Å². The molecule has 0 radical (unpaired) electrons. The molecule has 1 aliphatic heterocycles. The minimum absolute atomic E-state index is 0.126. The molecule has 3 rings (SSSR count). The van der Waals surface area contributed by atoms with Crippen molar-refractivity contribution in [1.29, 1.82) is 0 Å². The zero-order valence-corrected chi connectivity index (χ0v) is 12.4. The van der Waals surface area contributed by atoms with Gasteiger partial charge in [-0.25, -0.2) is 4.98 Å². The predicted molar refractivity (Wildman–Crippen MR) is 82.2 cm³/mol. The van der Waals surface area contributed by atoms with Gasteiger partial charge in [0.1, 0.15) is 15.7 Å². The molecular formula is C14H16N4O2S. The molecule has 0 aromatic carbocycles. The molecular weight excluding hydrogens is 288 g/mol. The molecule has 1 aliphatic rings. The molecule has 2 aromatic rings. The number of thiophene rings is 1. The van der Waals surface area contributed by atoms with Crippen LogP contribution in [0.3, 0.4) is 0 Å². The predicted octanol–water partition coefficient (Wildman–Crippen LogP) is 1.23. The fraction of sp³-hybridized carbons (Fsp3) is 0.357. The molecule has 2 amide bonds. The van der Waals surface area contributed by atoms with E-state index in [4.69, 9.17) is 5.73 Å². The summed E-state index contributed by atoms with van der Waals surface area (Å²) in [7, 11) is 1.58. The maximum Gasteiger partial charge on any atom is 0.266 e. The van der Waals surface area contributed by atoms with Gasteiger partial charge in [0.2, 0.25) is 5.91 Å². The van der Waals surface area contributed by atoms with E-state index < -0.39 is 6.04 Å². The van der Waals surface area contributed by atoms with Crippen LogP contribution in [0, 0.1) is 0 Å². The van der Waals surface area contributed by atoms with Crippen molar-refractivity contribution < 1.29 is 9.59 Å². The van der Waals surface area contributed by atoms with Crippen molar-refractivity contribution in [2.75, 3.05) is 19.3 Å². The van der Waals surface area contributed by atoms with Gasteiger partial charge in [-0.1, -0.05) is 0 Å². The van der Waals surface area contributed by atoms with Crippen LogP contribution < -0.4 is 11.1 Å². The van der Waals surface area contributed by atoms with Gasteiger partial charge in [0.15, 0.2) is 0 Å². The van der Waals surface area contributed by atoms with E-state index in [1.165, 1.54) is 11.3 Å². The summed E-state index contributed by atoms with van der Waals surface area (Å²) in [5, 5.41) is 3.40. The highest BCUT2D eigenvalue weighted by molar-refractivity contribution is 7.21. The lowest BCUT2D eigenvalue weighted by molar-refractivity contribution is -0.124. The Balaban J connectivity index is 1.96. The number of rotatable bonds is 2. The summed E-state index contributed by atoms with van der Waals surface area (Å²) in [6, 6.07) is 3.24. The van der Waals surface area contributed by atoms with E-state index in [2.05, 4.69) is 10.3 Å². The van der Waals surface area contributed by atoms with Crippen LogP contribution in [0.25, 0.3) is 10.2 Å². The molecule has 3 N–H and O–H groups in total. The molecule has 110 valence electrons. The first-order valence-electron chi connectivity index (χ1n) is 6.79. The molecule has 1 unspecified atom stereocenters. The summed E-state index contributed by atoms with van der Waals surface area (Å²) >= 11 is 1.28. The number of nitrogens with zero attached hydrogens (tertiary/aromatic N) is 2. The second-order valence-electron chi connectivity index (χ2n) is 4.97. The van der Waals surface area contributed by atoms with E-state index in [0.29, 0.717) is 23.5 Å². The number of nitrogens with two attached hydrogens (primary N) is 1. The molecule has 2 aromatic heterocycles. The highest BCUT2D eigenvalue weighted by atomic mass is 32.1. The van der Waals surface area contributed by atoms with Gasteiger partial charge in [0, 0.05) is 25.2 Å². The van der Waals surface area contributed by atoms with Crippen LogP contribution in [-0.4, -0.2) is 41.3 Å². The zero-order chi connectivity index (χ0) is 15.0. The highest BCUT2D eigenvalue weighted by Gasteiger charge is 2.35. The van der Waals surface area contributed by atoms with E-state index in [9.17, 15) is 9.59 Å². The molecule has 3 heterocycles. The minimum Gasteiger partial charge on any atom is -0.397 e. The largest absolute Gasteiger partial charge is 0.397 e. The number of carbonyl (C=O) groups is 2. The van der Waals surface area contributed by atoms with E-state index >= 15 is 0 Å². The smallest absolute Gasteiger partial charge is 0.266 e. The number of likely N-dealkylation sites (tertiary alicyclic amines) is 1. The molecule has 0 bridgehead atoms. The number of anilines is 1. The van der Waals surface area contributed by atoms with Crippen LogP contribution in [0.5, 0.6) is 0 Å². The Morgan fingerprint density at radius 1 is 1.52 bits per heavy atom. The third-order valence-electron chi connectivity index (χ3n) is 3.76. The maximum atomic E-state index is 12.7. The lowest BCUT2D eigenvalue weighted by Gasteiger charge is -2.22. The Hall–Kier alpha value is -2.15. The summed E-state index contributed by atoms with van der Waals surface area (Å²) in [5.74, 6) is -0.305. The third kappa shape index (κ3) is 2.23. The summed E-state index contributed by atoms with van der Waals surface area (Å²) in [4.78, 5) is 31.6. The second-order valence-corrected chi connectivity index (χ2v) is 5.97. The Kier molecular flexibility index (Phi) is 3.50. The molecule has 0 spiro atoms. The molecule has 0 aliphatic carbocycles. The van der Waals surface area contributed by atoms with Gasteiger partial charge in [0.25, 0.3) is 5.91 Å². The number of fused-ring (bicyclic) bond motifs is 1. The quantitative estimate of drug-likeness (QED) is 0.873. The molecule has 1 atom stereocenters. The normalized spacial score (nSPS) is 18.1. The summed E-state index contributed by atoms with van der Waals surface area (Å²) in [6.07, 6.45) is 3.19. The number of hydrogen-bond donors (Lipinski definition) is 2. The van der Waals surface area contributed by atoms with E-state index in [0.717, 1.165) is 16.6 Å². The van der Waals surface area contributed by atoms with Gasteiger partial charge in [-0.2, -0.15) is 0 Å². The second kappa shape index (κ2) is 5.33. The Morgan fingerprint density at radius 2 is 2.33 bits per heavy atom. The van der Waals surface area contributed by atoms with Crippen molar-refractivity contribution >= 4 is 39.1 Å². The minimum atomic E-state index is -0.403. The van der Waals surface area contributed by atoms with Crippen molar-refractivity contribution in [3.8, 4) is 0 Å². The summed E-state index contributed by atoms with van der Waals surface area (Å²) in [6.45, 7) is 0.581.